The first-order chi connectivity index (χ1) is 10.0. The zero-order valence-electron chi connectivity index (χ0n) is 11.4. The number of carbonyl (C=O) groups excluding carboxylic acids is 3. The lowest BCUT2D eigenvalue weighted by atomic mass is 10.3. The lowest BCUT2D eigenvalue weighted by Crippen LogP contribution is -2.31. The second-order valence-corrected chi connectivity index (χ2v) is 6.79. The van der Waals surface area contributed by atoms with Crippen molar-refractivity contribution in [1.82, 2.24) is 0 Å². The predicted molar refractivity (Wildman–Crippen MR) is 89.1 cm³/mol. The van der Waals surface area contributed by atoms with Crippen molar-refractivity contribution in [2.45, 2.75) is 18.6 Å². The lowest BCUT2D eigenvalue weighted by Gasteiger charge is -2.14. The number of hydrogen-bond acceptors (Lipinski definition) is 5. The number of nitrogens with zero attached hydrogens (tertiary/aromatic N) is 1. The molecule has 7 heteroatoms. The third-order valence-electron chi connectivity index (χ3n) is 2.90. The number of benzene rings is 1. The molecule has 1 aliphatic rings. The molecule has 5 nitrogen and oxygen atoms in total. The van der Waals surface area contributed by atoms with E-state index in [2.05, 4.69) is 22.6 Å². The molecular weight excluding hydrogens is 405 g/mol. The maximum Gasteiger partial charge on any atom is 0.315 e. The minimum atomic E-state index is -0.513. The summed E-state index contributed by atoms with van der Waals surface area (Å²) in [5, 5.41) is -0.513. The van der Waals surface area contributed by atoms with Gasteiger partial charge < -0.3 is 4.74 Å². The van der Waals surface area contributed by atoms with Crippen LogP contribution in [0.3, 0.4) is 0 Å². The van der Waals surface area contributed by atoms with Crippen molar-refractivity contribution >= 4 is 57.8 Å². The number of amides is 2. The minimum Gasteiger partial charge on any atom is -0.465 e. The summed E-state index contributed by atoms with van der Waals surface area (Å²) < 4.78 is 5.85. The summed E-state index contributed by atoms with van der Waals surface area (Å²) in [6.45, 7) is 2.04. The van der Waals surface area contributed by atoms with Crippen LogP contribution in [-0.2, 0) is 19.1 Å². The molecule has 2 amide bonds. The molecular formula is C14H14INO4S. The third kappa shape index (κ3) is 3.97. The Labute approximate surface area is 140 Å². The van der Waals surface area contributed by atoms with E-state index in [1.165, 1.54) is 4.90 Å². The van der Waals surface area contributed by atoms with E-state index in [0.717, 1.165) is 15.3 Å². The first kappa shape index (κ1) is 16.3. The van der Waals surface area contributed by atoms with E-state index in [0.29, 0.717) is 12.3 Å². The third-order valence-corrected chi connectivity index (χ3v) is 4.79. The van der Waals surface area contributed by atoms with Crippen molar-refractivity contribution in [2.24, 2.45) is 0 Å². The van der Waals surface area contributed by atoms with Gasteiger partial charge >= 0.3 is 5.97 Å². The Morgan fingerprint density at radius 2 is 2.05 bits per heavy atom. The molecule has 1 fully saturated rings. The Bertz CT molecular complexity index is 561. The molecule has 0 aliphatic carbocycles. The molecule has 112 valence electrons. The molecule has 0 radical (unpaired) electrons. The first-order valence-corrected chi connectivity index (χ1v) is 8.55. The van der Waals surface area contributed by atoms with E-state index in [9.17, 15) is 14.4 Å². The Balaban J connectivity index is 2.03. The van der Waals surface area contributed by atoms with Crippen LogP contribution < -0.4 is 4.90 Å². The summed E-state index contributed by atoms with van der Waals surface area (Å²) in [5.41, 5.74) is 0.574. The van der Waals surface area contributed by atoms with Crippen LogP contribution in [0.2, 0.25) is 0 Å². The molecule has 1 unspecified atom stereocenters. The first-order valence-electron chi connectivity index (χ1n) is 6.42. The van der Waals surface area contributed by atoms with Gasteiger partial charge in [0.05, 0.1) is 23.3 Å². The van der Waals surface area contributed by atoms with Gasteiger partial charge in [-0.15, -0.1) is 11.8 Å². The molecule has 0 N–H and O–H groups in total. The number of anilines is 1. The van der Waals surface area contributed by atoms with Gasteiger partial charge in [0, 0.05) is 9.99 Å². The molecule has 0 aromatic heterocycles. The van der Waals surface area contributed by atoms with Gasteiger partial charge in [-0.05, 0) is 53.8 Å². The summed E-state index contributed by atoms with van der Waals surface area (Å²) in [6, 6.07) is 7.18. The van der Waals surface area contributed by atoms with E-state index < -0.39 is 5.25 Å². The van der Waals surface area contributed by atoms with Crippen molar-refractivity contribution in [3.05, 3.63) is 27.8 Å². The number of halogens is 1. The fourth-order valence-corrected chi connectivity index (χ4v) is 3.26. The van der Waals surface area contributed by atoms with Crippen LogP contribution >= 0.6 is 34.4 Å². The topological polar surface area (TPSA) is 63.7 Å². The zero-order chi connectivity index (χ0) is 15.4. The Morgan fingerprint density at radius 3 is 2.67 bits per heavy atom. The van der Waals surface area contributed by atoms with Crippen LogP contribution in [0.15, 0.2) is 24.3 Å². The zero-order valence-corrected chi connectivity index (χ0v) is 14.3. The van der Waals surface area contributed by atoms with E-state index in [1.807, 2.05) is 12.1 Å². The highest BCUT2D eigenvalue weighted by Gasteiger charge is 2.40. The highest BCUT2D eigenvalue weighted by Crippen LogP contribution is 2.29. The van der Waals surface area contributed by atoms with Crippen LogP contribution in [-0.4, -0.2) is 35.4 Å². The van der Waals surface area contributed by atoms with Gasteiger partial charge in [0.15, 0.2) is 0 Å². The molecule has 1 aromatic rings. The van der Waals surface area contributed by atoms with Crippen LogP contribution in [0.5, 0.6) is 0 Å². The molecule has 1 heterocycles. The van der Waals surface area contributed by atoms with Crippen molar-refractivity contribution < 1.29 is 19.1 Å². The maximum absolute atomic E-state index is 12.3. The Hall–Kier alpha value is -1.09. The second-order valence-electron chi connectivity index (χ2n) is 4.35. The molecule has 21 heavy (non-hydrogen) atoms. The number of imide groups is 1. The number of hydrogen-bond donors (Lipinski definition) is 0. The SMILES string of the molecule is CCOC(=O)CSC1CC(=O)N(c2ccc(I)cc2)C1=O. The van der Waals surface area contributed by atoms with Gasteiger partial charge in [-0.2, -0.15) is 0 Å². The van der Waals surface area contributed by atoms with Gasteiger partial charge in [-0.3, -0.25) is 14.4 Å². The monoisotopic (exact) mass is 419 g/mol. The van der Waals surface area contributed by atoms with Crippen molar-refractivity contribution in [3.63, 3.8) is 0 Å². The fourth-order valence-electron chi connectivity index (χ4n) is 1.97. The van der Waals surface area contributed by atoms with Crippen molar-refractivity contribution in [3.8, 4) is 0 Å². The second kappa shape index (κ2) is 7.26. The highest BCUT2D eigenvalue weighted by atomic mass is 127. The Kier molecular flexibility index (Phi) is 5.63. The van der Waals surface area contributed by atoms with Gasteiger partial charge in [-0.25, -0.2) is 4.90 Å². The van der Waals surface area contributed by atoms with Gasteiger partial charge in [0.2, 0.25) is 11.8 Å². The number of carbonyl (C=O) groups is 3. The summed E-state index contributed by atoms with van der Waals surface area (Å²) in [5.74, 6) is -0.786. The molecule has 1 saturated heterocycles. The molecule has 2 rings (SSSR count). The largest absolute Gasteiger partial charge is 0.465 e. The van der Waals surface area contributed by atoms with Crippen LogP contribution in [0.25, 0.3) is 0 Å². The average molecular weight is 419 g/mol. The molecule has 0 saturated carbocycles. The molecule has 1 aromatic carbocycles. The quantitative estimate of drug-likeness (QED) is 0.416. The molecule has 0 bridgehead atoms. The fraction of sp³-hybridized carbons (Fsp3) is 0.357. The standard InChI is InChI=1S/C14H14INO4S/c1-2-20-13(18)8-21-11-7-12(17)16(14(11)19)10-5-3-9(15)4-6-10/h3-6,11H,2,7-8H2,1H3. The maximum atomic E-state index is 12.3. The normalized spacial score (nSPS) is 18.2. The van der Waals surface area contributed by atoms with Crippen LogP contribution in [0, 0.1) is 3.57 Å². The summed E-state index contributed by atoms with van der Waals surface area (Å²) in [4.78, 5) is 36.8. The average Bonchev–Trinajstić information content (AvgIpc) is 2.73. The lowest BCUT2D eigenvalue weighted by molar-refractivity contribution is -0.139. The summed E-state index contributed by atoms with van der Waals surface area (Å²) in [6.07, 6.45) is 0.120. The smallest absolute Gasteiger partial charge is 0.315 e. The summed E-state index contributed by atoms with van der Waals surface area (Å²) in [7, 11) is 0. The number of thioether (sulfide) groups is 1. The van der Waals surface area contributed by atoms with E-state index in [4.69, 9.17) is 4.74 Å². The van der Waals surface area contributed by atoms with E-state index >= 15 is 0 Å². The highest BCUT2D eigenvalue weighted by molar-refractivity contribution is 14.1. The van der Waals surface area contributed by atoms with Gasteiger partial charge in [-0.1, -0.05) is 0 Å². The van der Waals surface area contributed by atoms with Crippen LogP contribution in [0.4, 0.5) is 5.69 Å². The van der Waals surface area contributed by atoms with E-state index in [-0.39, 0.29) is 30.0 Å². The van der Waals surface area contributed by atoms with Crippen LogP contribution in [0.1, 0.15) is 13.3 Å². The molecule has 1 atom stereocenters. The minimum absolute atomic E-state index is 0.0814. The van der Waals surface area contributed by atoms with Gasteiger partial charge in [0.1, 0.15) is 0 Å². The Morgan fingerprint density at radius 1 is 1.38 bits per heavy atom. The molecule has 1 aliphatic heterocycles. The van der Waals surface area contributed by atoms with Crippen molar-refractivity contribution in [2.75, 3.05) is 17.3 Å². The predicted octanol–water partition coefficient (Wildman–Crippen LogP) is 2.22. The molecule has 0 spiro atoms. The summed E-state index contributed by atoms with van der Waals surface area (Å²) >= 11 is 3.32. The van der Waals surface area contributed by atoms with Gasteiger partial charge in [0.25, 0.3) is 0 Å². The number of rotatable bonds is 5. The number of ether oxygens (including phenoxy) is 1. The number of esters is 1. The van der Waals surface area contributed by atoms with Crippen molar-refractivity contribution in [1.29, 1.82) is 0 Å². The van der Waals surface area contributed by atoms with E-state index in [1.54, 1.807) is 19.1 Å².